The van der Waals surface area contributed by atoms with Crippen molar-refractivity contribution in [2.75, 3.05) is 6.54 Å². The normalized spacial score (nSPS) is 20.9. The molecule has 0 aliphatic carbocycles. The molecule has 2 N–H and O–H groups in total. The highest BCUT2D eigenvalue weighted by Crippen LogP contribution is 2.21. The molecule has 1 saturated heterocycles. The first kappa shape index (κ1) is 21.9. The van der Waals surface area contributed by atoms with Gasteiger partial charge in [-0.05, 0) is 38.2 Å². The van der Waals surface area contributed by atoms with Crippen LogP contribution in [0.1, 0.15) is 38.7 Å². The van der Waals surface area contributed by atoms with Crippen molar-refractivity contribution < 1.29 is 24.3 Å². The van der Waals surface area contributed by atoms with Gasteiger partial charge in [-0.25, -0.2) is 0 Å². The average Bonchev–Trinajstić information content (AvgIpc) is 2.75. The molecule has 2 amide bonds. The summed E-state index contributed by atoms with van der Waals surface area (Å²) in [6.07, 6.45) is 2.21. The maximum Gasteiger partial charge on any atom is 0.323 e. The van der Waals surface area contributed by atoms with Crippen LogP contribution in [0.4, 0.5) is 0 Å². The predicted octanol–water partition coefficient (Wildman–Crippen LogP) is 1.85. The number of nitrogens with zero attached hydrogens (tertiary/aromatic N) is 1. The zero-order valence-electron chi connectivity index (χ0n) is 16.1. The molecule has 1 fully saturated rings. The van der Waals surface area contributed by atoms with Crippen LogP contribution in [0.5, 0.6) is 0 Å². The van der Waals surface area contributed by atoms with E-state index in [-0.39, 0.29) is 29.5 Å². The number of hydrogen-bond acceptors (Lipinski definition) is 5. The van der Waals surface area contributed by atoms with E-state index in [0.717, 1.165) is 17.3 Å². The topological polar surface area (TPSA) is 104 Å². The summed E-state index contributed by atoms with van der Waals surface area (Å²) in [4.78, 5) is 49.7. The molecule has 0 spiro atoms. The molecule has 0 unspecified atom stereocenters. The third-order valence-electron chi connectivity index (χ3n) is 4.71. The lowest BCUT2D eigenvalue weighted by Crippen LogP contribution is -2.52. The van der Waals surface area contributed by atoms with Crippen molar-refractivity contribution in [3.63, 3.8) is 0 Å². The molecule has 7 nitrogen and oxygen atoms in total. The van der Waals surface area contributed by atoms with Crippen molar-refractivity contribution in [1.82, 2.24) is 10.2 Å². The molecular formula is C20H26N2O5S. The van der Waals surface area contributed by atoms with Gasteiger partial charge in [-0.3, -0.25) is 19.2 Å². The Hall–Kier alpha value is -2.35. The third-order valence-corrected chi connectivity index (χ3v) is 5.71. The summed E-state index contributed by atoms with van der Waals surface area (Å²) in [6.45, 7) is 2.83. The van der Waals surface area contributed by atoms with Gasteiger partial charge >= 0.3 is 5.97 Å². The third kappa shape index (κ3) is 6.37. The van der Waals surface area contributed by atoms with Gasteiger partial charge in [0.05, 0.1) is 5.25 Å². The van der Waals surface area contributed by atoms with E-state index in [1.54, 1.807) is 0 Å². The molecule has 28 heavy (non-hydrogen) atoms. The minimum atomic E-state index is -1.08. The predicted molar refractivity (Wildman–Crippen MR) is 107 cm³/mol. The molecule has 1 aromatic rings. The number of nitrogens with one attached hydrogen (secondary N) is 1. The summed E-state index contributed by atoms with van der Waals surface area (Å²) in [5.41, 5.74) is 0.921. The van der Waals surface area contributed by atoms with E-state index in [0.29, 0.717) is 25.7 Å². The van der Waals surface area contributed by atoms with E-state index in [9.17, 15) is 19.2 Å². The molecule has 1 aromatic carbocycles. The zero-order valence-corrected chi connectivity index (χ0v) is 16.9. The van der Waals surface area contributed by atoms with E-state index in [1.165, 1.54) is 11.8 Å². The summed E-state index contributed by atoms with van der Waals surface area (Å²) < 4.78 is 0. The number of thioether (sulfide) groups is 1. The fraction of sp³-hybridized carbons (Fsp3) is 0.500. The van der Waals surface area contributed by atoms with Crippen LogP contribution < -0.4 is 5.32 Å². The van der Waals surface area contributed by atoms with Gasteiger partial charge in [0.2, 0.25) is 11.8 Å². The number of carbonyl (C=O) groups is 4. The van der Waals surface area contributed by atoms with Gasteiger partial charge in [0, 0.05) is 13.0 Å². The number of rotatable bonds is 7. The smallest absolute Gasteiger partial charge is 0.323 e. The quantitative estimate of drug-likeness (QED) is 0.716. The Balaban J connectivity index is 2.12. The summed E-state index contributed by atoms with van der Waals surface area (Å²) >= 11 is 0.940. The van der Waals surface area contributed by atoms with E-state index >= 15 is 0 Å². The lowest BCUT2D eigenvalue weighted by Gasteiger charge is -2.28. The van der Waals surface area contributed by atoms with Crippen LogP contribution in [0, 0.1) is 0 Å². The highest BCUT2D eigenvalue weighted by atomic mass is 32.2. The molecule has 0 aromatic heterocycles. The van der Waals surface area contributed by atoms with E-state index < -0.39 is 17.3 Å². The van der Waals surface area contributed by atoms with Crippen LogP contribution in [0.15, 0.2) is 30.3 Å². The van der Waals surface area contributed by atoms with E-state index in [4.69, 9.17) is 5.11 Å². The first-order chi connectivity index (χ1) is 13.3. The second-order valence-electron chi connectivity index (χ2n) is 6.99. The Kier molecular flexibility index (Phi) is 8.04. The van der Waals surface area contributed by atoms with Crippen molar-refractivity contribution >= 4 is 34.7 Å². The molecule has 8 heteroatoms. The van der Waals surface area contributed by atoms with Crippen molar-refractivity contribution in [3.8, 4) is 0 Å². The SMILES string of the molecule is CC(=O)S[C@H](Cc1ccccc1)C(=O)N[C@@H]1CCC[C@H](C)N(CC(=O)O)C1=O. The Bertz CT molecular complexity index is 725. The molecule has 0 radical (unpaired) electrons. The van der Waals surface area contributed by atoms with Crippen LogP contribution in [-0.2, 0) is 25.6 Å². The summed E-state index contributed by atoms with van der Waals surface area (Å²) in [6, 6.07) is 8.40. The molecule has 0 saturated carbocycles. The van der Waals surface area contributed by atoms with Gasteiger partial charge in [0.1, 0.15) is 12.6 Å². The van der Waals surface area contributed by atoms with Crippen molar-refractivity contribution in [3.05, 3.63) is 35.9 Å². The number of carboxylic acid groups (broad SMARTS) is 1. The van der Waals surface area contributed by atoms with Crippen LogP contribution in [-0.4, -0.2) is 56.8 Å². The van der Waals surface area contributed by atoms with Crippen LogP contribution in [0.2, 0.25) is 0 Å². The fourth-order valence-electron chi connectivity index (χ4n) is 3.31. The number of amides is 2. The van der Waals surface area contributed by atoms with Crippen LogP contribution >= 0.6 is 11.8 Å². The Labute approximate surface area is 168 Å². The monoisotopic (exact) mass is 406 g/mol. The molecule has 1 aliphatic rings. The Morgan fingerprint density at radius 2 is 1.93 bits per heavy atom. The summed E-state index contributed by atoms with van der Waals surface area (Å²) in [5, 5.41) is 11.0. The van der Waals surface area contributed by atoms with E-state index in [2.05, 4.69) is 5.32 Å². The summed E-state index contributed by atoms with van der Waals surface area (Å²) in [5.74, 6) is -1.85. The Morgan fingerprint density at radius 1 is 1.25 bits per heavy atom. The number of likely N-dealkylation sites (tertiary alicyclic amines) is 1. The number of benzene rings is 1. The average molecular weight is 407 g/mol. The number of carboxylic acids is 1. The van der Waals surface area contributed by atoms with Gasteiger partial charge < -0.3 is 15.3 Å². The highest BCUT2D eigenvalue weighted by molar-refractivity contribution is 8.14. The standard InChI is InChI=1S/C20H26N2O5S/c1-13-7-6-10-16(20(27)22(13)12-18(24)25)21-19(26)17(28-14(2)23)11-15-8-4-3-5-9-15/h3-5,8-9,13,16-17H,6-7,10-12H2,1-2H3,(H,21,26)(H,24,25)/t13-,16+,17+/m0/s1. The lowest BCUT2D eigenvalue weighted by molar-refractivity contribution is -0.147. The number of aliphatic carboxylic acids is 1. The van der Waals surface area contributed by atoms with Crippen LogP contribution in [0.3, 0.4) is 0 Å². The first-order valence-electron chi connectivity index (χ1n) is 9.31. The highest BCUT2D eigenvalue weighted by Gasteiger charge is 2.34. The minimum Gasteiger partial charge on any atom is -0.480 e. The molecule has 3 atom stereocenters. The van der Waals surface area contributed by atoms with E-state index in [1.807, 2.05) is 37.3 Å². The maximum atomic E-state index is 12.8. The first-order valence-corrected chi connectivity index (χ1v) is 10.2. The number of hydrogen-bond donors (Lipinski definition) is 2. The van der Waals surface area contributed by atoms with Gasteiger partial charge in [0.15, 0.2) is 5.12 Å². The molecule has 2 rings (SSSR count). The maximum absolute atomic E-state index is 12.8. The van der Waals surface area contributed by atoms with Crippen molar-refractivity contribution in [1.29, 1.82) is 0 Å². The molecule has 0 bridgehead atoms. The second kappa shape index (κ2) is 10.3. The second-order valence-corrected chi connectivity index (χ2v) is 8.37. The van der Waals surface area contributed by atoms with Gasteiger partial charge in [-0.15, -0.1) is 0 Å². The zero-order chi connectivity index (χ0) is 20.7. The molecule has 1 heterocycles. The lowest BCUT2D eigenvalue weighted by atomic mass is 10.1. The van der Waals surface area contributed by atoms with Crippen LogP contribution in [0.25, 0.3) is 0 Å². The minimum absolute atomic E-state index is 0.176. The van der Waals surface area contributed by atoms with Gasteiger partial charge in [-0.2, -0.15) is 0 Å². The molecule has 1 aliphatic heterocycles. The number of carbonyl (C=O) groups excluding carboxylic acids is 3. The van der Waals surface area contributed by atoms with Gasteiger partial charge in [-0.1, -0.05) is 42.1 Å². The van der Waals surface area contributed by atoms with Gasteiger partial charge in [0.25, 0.3) is 0 Å². The Morgan fingerprint density at radius 3 is 2.54 bits per heavy atom. The molecule has 152 valence electrons. The van der Waals surface area contributed by atoms with Crippen molar-refractivity contribution in [2.24, 2.45) is 0 Å². The summed E-state index contributed by atoms with van der Waals surface area (Å²) in [7, 11) is 0. The largest absolute Gasteiger partial charge is 0.480 e. The fourth-order valence-corrected chi connectivity index (χ4v) is 4.16. The molecular weight excluding hydrogens is 380 g/mol. The van der Waals surface area contributed by atoms with Crippen molar-refractivity contribution in [2.45, 2.75) is 56.9 Å².